The van der Waals surface area contributed by atoms with Gasteiger partial charge in [-0.2, -0.15) is 0 Å². The van der Waals surface area contributed by atoms with Gasteiger partial charge in [0.25, 0.3) is 5.91 Å². The van der Waals surface area contributed by atoms with Crippen molar-refractivity contribution < 1.29 is 4.79 Å². The second kappa shape index (κ2) is 3.87. The van der Waals surface area contributed by atoms with Crippen LogP contribution >= 0.6 is 0 Å². The standard InChI is InChI=1S/C15H18N2O/c1-15(2)6-8-17(10-15)14(18)12-3-4-13-11(9-12)5-7-16-13/h3-5,7,9,16H,6,8,10H2,1-2H3. The molecule has 3 nitrogen and oxygen atoms in total. The Bertz CT molecular complexity index is 597. The lowest BCUT2D eigenvalue weighted by Gasteiger charge is -2.19. The van der Waals surface area contributed by atoms with Gasteiger partial charge < -0.3 is 9.88 Å². The molecule has 1 amide bonds. The SMILES string of the molecule is CC1(C)CCN(C(=O)c2ccc3[nH]ccc3c2)C1. The number of benzene rings is 1. The predicted molar refractivity (Wildman–Crippen MR) is 72.6 cm³/mol. The molecule has 0 spiro atoms. The minimum absolute atomic E-state index is 0.156. The van der Waals surface area contributed by atoms with E-state index in [-0.39, 0.29) is 11.3 Å². The number of aromatic nitrogens is 1. The predicted octanol–water partition coefficient (Wildman–Crippen LogP) is 3.04. The number of rotatable bonds is 1. The Balaban J connectivity index is 1.88. The fraction of sp³-hybridized carbons (Fsp3) is 0.400. The molecule has 0 saturated carbocycles. The maximum absolute atomic E-state index is 12.4. The second-order valence-corrected chi connectivity index (χ2v) is 5.92. The first kappa shape index (κ1) is 11.3. The van der Waals surface area contributed by atoms with Gasteiger partial charge in [0, 0.05) is 35.8 Å². The Morgan fingerprint density at radius 2 is 2.17 bits per heavy atom. The van der Waals surface area contributed by atoms with Crippen LogP contribution in [0.1, 0.15) is 30.6 Å². The van der Waals surface area contributed by atoms with E-state index in [0.29, 0.717) is 0 Å². The number of carbonyl (C=O) groups is 1. The molecule has 1 aliphatic rings. The first-order valence-electron chi connectivity index (χ1n) is 6.42. The maximum Gasteiger partial charge on any atom is 0.253 e. The molecule has 1 N–H and O–H groups in total. The Morgan fingerprint density at radius 3 is 2.89 bits per heavy atom. The van der Waals surface area contributed by atoms with E-state index in [9.17, 15) is 4.79 Å². The van der Waals surface area contributed by atoms with Gasteiger partial charge in [-0.25, -0.2) is 0 Å². The van der Waals surface area contributed by atoms with Gasteiger partial charge in [0.2, 0.25) is 0 Å². The summed E-state index contributed by atoms with van der Waals surface area (Å²) < 4.78 is 0. The van der Waals surface area contributed by atoms with E-state index in [4.69, 9.17) is 0 Å². The molecule has 3 rings (SSSR count). The van der Waals surface area contributed by atoms with Crippen LogP contribution in [0.3, 0.4) is 0 Å². The summed E-state index contributed by atoms with van der Waals surface area (Å²) in [5.41, 5.74) is 2.13. The van der Waals surface area contributed by atoms with E-state index in [1.807, 2.05) is 35.4 Å². The molecule has 1 aromatic carbocycles. The van der Waals surface area contributed by atoms with E-state index in [1.54, 1.807) is 0 Å². The van der Waals surface area contributed by atoms with Gasteiger partial charge in [-0.15, -0.1) is 0 Å². The van der Waals surface area contributed by atoms with Crippen molar-refractivity contribution >= 4 is 16.8 Å². The highest BCUT2D eigenvalue weighted by Gasteiger charge is 2.32. The number of nitrogens with one attached hydrogen (secondary N) is 1. The van der Waals surface area contributed by atoms with Crippen LogP contribution in [0.15, 0.2) is 30.5 Å². The van der Waals surface area contributed by atoms with Crippen molar-refractivity contribution in [1.29, 1.82) is 0 Å². The summed E-state index contributed by atoms with van der Waals surface area (Å²) in [5, 5.41) is 1.10. The lowest BCUT2D eigenvalue weighted by atomic mass is 9.93. The first-order chi connectivity index (χ1) is 8.55. The molecule has 3 heteroatoms. The zero-order valence-corrected chi connectivity index (χ0v) is 10.9. The molecule has 18 heavy (non-hydrogen) atoms. The third kappa shape index (κ3) is 1.90. The van der Waals surface area contributed by atoms with Gasteiger partial charge in [0.1, 0.15) is 0 Å². The number of H-pyrrole nitrogens is 1. The van der Waals surface area contributed by atoms with Crippen molar-refractivity contribution in [3.05, 3.63) is 36.0 Å². The number of nitrogens with zero attached hydrogens (tertiary/aromatic N) is 1. The summed E-state index contributed by atoms with van der Waals surface area (Å²) in [7, 11) is 0. The van der Waals surface area contributed by atoms with Gasteiger partial charge in [0.15, 0.2) is 0 Å². The number of hydrogen-bond donors (Lipinski definition) is 1. The maximum atomic E-state index is 12.4. The highest BCUT2D eigenvalue weighted by atomic mass is 16.2. The lowest BCUT2D eigenvalue weighted by molar-refractivity contribution is 0.0778. The highest BCUT2D eigenvalue weighted by molar-refractivity contribution is 5.98. The molecule has 0 bridgehead atoms. The van der Waals surface area contributed by atoms with Crippen LogP contribution < -0.4 is 0 Å². The summed E-state index contributed by atoms with van der Waals surface area (Å²) >= 11 is 0. The number of fused-ring (bicyclic) bond motifs is 1. The molecule has 2 aromatic rings. The van der Waals surface area contributed by atoms with Gasteiger partial charge in [-0.05, 0) is 36.1 Å². The Kier molecular flexibility index (Phi) is 2.44. The van der Waals surface area contributed by atoms with Crippen molar-refractivity contribution in [2.24, 2.45) is 5.41 Å². The molecule has 0 radical (unpaired) electrons. The minimum Gasteiger partial charge on any atom is -0.361 e. The van der Waals surface area contributed by atoms with Crippen LogP contribution in [0.4, 0.5) is 0 Å². The molecule has 2 heterocycles. The summed E-state index contributed by atoms with van der Waals surface area (Å²) in [6.07, 6.45) is 2.99. The van der Waals surface area contributed by atoms with E-state index < -0.39 is 0 Å². The Labute approximate surface area is 107 Å². The lowest BCUT2D eigenvalue weighted by Crippen LogP contribution is -2.30. The molecule has 0 unspecified atom stereocenters. The zero-order valence-electron chi connectivity index (χ0n) is 10.9. The molecule has 1 fully saturated rings. The molecule has 0 aliphatic carbocycles. The van der Waals surface area contributed by atoms with Gasteiger partial charge in [0.05, 0.1) is 0 Å². The number of amides is 1. The number of likely N-dealkylation sites (tertiary alicyclic amines) is 1. The summed E-state index contributed by atoms with van der Waals surface area (Å²) in [4.78, 5) is 17.5. The van der Waals surface area contributed by atoms with E-state index in [1.165, 1.54) is 0 Å². The van der Waals surface area contributed by atoms with Crippen LogP contribution in [-0.4, -0.2) is 28.9 Å². The van der Waals surface area contributed by atoms with Crippen LogP contribution in [0.5, 0.6) is 0 Å². The molecular weight excluding hydrogens is 224 g/mol. The molecular formula is C15H18N2O. The largest absolute Gasteiger partial charge is 0.361 e. The molecule has 0 atom stereocenters. The van der Waals surface area contributed by atoms with E-state index in [0.717, 1.165) is 36.0 Å². The van der Waals surface area contributed by atoms with E-state index >= 15 is 0 Å². The van der Waals surface area contributed by atoms with Gasteiger partial charge >= 0.3 is 0 Å². The molecule has 1 aromatic heterocycles. The second-order valence-electron chi connectivity index (χ2n) is 5.92. The minimum atomic E-state index is 0.156. The number of hydrogen-bond acceptors (Lipinski definition) is 1. The summed E-state index contributed by atoms with van der Waals surface area (Å²) in [5.74, 6) is 0.156. The van der Waals surface area contributed by atoms with Crippen LogP contribution in [0.2, 0.25) is 0 Å². The van der Waals surface area contributed by atoms with Crippen molar-refractivity contribution in [1.82, 2.24) is 9.88 Å². The third-order valence-corrected chi connectivity index (χ3v) is 3.76. The fourth-order valence-electron chi connectivity index (χ4n) is 2.65. The third-order valence-electron chi connectivity index (χ3n) is 3.76. The van der Waals surface area contributed by atoms with Crippen LogP contribution in [-0.2, 0) is 0 Å². The molecule has 94 valence electrons. The van der Waals surface area contributed by atoms with Crippen molar-refractivity contribution in [3.8, 4) is 0 Å². The Hall–Kier alpha value is -1.77. The van der Waals surface area contributed by atoms with Crippen LogP contribution in [0.25, 0.3) is 10.9 Å². The smallest absolute Gasteiger partial charge is 0.253 e. The van der Waals surface area contributed by atoms with Crippen molar-refractivity contribution in [2.45, 2.75) is 20.3 Å². The van der Waals surface area contributed by atoms with Gasteiger partial charge in [-0.1, -0.05) is 13.8 Å². The van der Waals surface area contributed by atoms with Crippen molar-refractivity contribution in [3.63, 3.8) is 0 Å². The Morgan fingerprint density at radius 1 is 1.33 bits per heavy atom. The molecule has 1 saturated heterocycles. The fourth-order valence-corrected chi connectivity index (χ4v) is 2.65. The van der Waals surface area contributed by atoms with Gasteiger partial charge in [-0.3, -0.25) is 4.79 Å². The number of carbonyl (C=O) groups excluding carboxylic acids is 1. The summed E-state index contributed by atoms with van der Waals surface area (Å²) in [6, 6.07) is 7.86. The zero-order chi connectivity index (χ0) is 12.8. The normalized spacial score (nSPS) is 18.4. The molecule has 1 aliphatic heterocycles. The quantitative estimate of drug-likeness (QED) is 0.819. The average Bonchev–Trinajstić information content (AvgIpc) is 2.93. The first-order valence-corrected chi connectivity index (χ1v) is 6.42. The average molecular weight is 242 g/mol. The summed E-state index contributed by atoms with van der Waals surface area (Å²) in [6.45, 7) is 6.17. The van der Waals surface area contributed by atoms with E-state index in [2.05, 4.69) is 18.8 Å². The van der Waals surface area contributed by atoms with Crippen molar-refractivity contribution in [2.75, 3.05) is 13.1 Å². The topological polar surface area (TPSA) is 36.1 Å². The monoisotopic (exact) mass is 242 g/mol. The van der Waals surface area contributed by atoms with Crippen LogP contribution in [0, 0.1) is 5.41 Å². The highest BCUT2D eigenvalue weighted by Crippen LogP contribution is 2.30. The number of aromatic amines is 1.